The summed E-state index contributed by atoms with van der Waals surface area (Å²) in [7, 11) is 0. The SMILES string of the molecule is CC1(C)CC[C@]23CC[C@]4(C)C(CCC5[C@@]6(C)CC[C@H](OC(=O)C[n+]7ccccc7)C(C)(C)C6CC[C@]54C)C2[C@@H]1OC3. The summed E-state index contributed by atoms with van der Waals surface area (Å²) in [6, 6.07) is 5.92. The van der Waals surface area contributed by atoms with E-state index in [1.807, 2.05) is 35.2 Å². The van der Waals surface area contributed by atoms with Gasteiger partial charge in [-0.2, -0.15) is 4.57 Å². The Kier molecular flexibility index (Phi) is 6.26. The quantitative estimate of drug-likeness (QED) is 0.279. The van der Waals surface area contributed by atoms with Crippen LogP contribution in [0.2, 0.25) is 0 Å². The van der Waals surface area contributed by atoms with Crippen LogP contribution in [0, 0.1) is 56.2 Å². The van der Waals surface area contributed by atoms with E-state index in [9.17, 15) is 4.79 Å². The lowest BCUT2D eigenvalue weighted by Gasteiger charge is -2.73. The van der Waals surface area contributed by atoms with Gasteiger partial charge in [0.05, 0.1) is 12.7 Å². The van der Waals surface area contributed by atoms with Crippen molar-refractivity contribution >= 4 is 5.97 Å². The molecule has 1 aromatic rings. The maximum Gasteiger partial charge on any atom is 0.372 e. The largest absolute Gasteiger partial charge is 0.457 e. The van der Waals surface area contributed by atoms with Gasteiger partial charge < -0.3 is 9.47 Å². The Morgan fingerprint density at radius 2 is 1.54 bits per heavy atom. The standard InChI is InChI=1S/C37H56NO3/c1-32(2)17-19-37-20-18-35(6)25(30(37)31(32)40-24-37)11-12-27-34(5)15-14-28(33(3,4)26(34)13-16-36(27,35)7)41-29(39)23-38-21-9-8-10-22-38/h8-10,21-22,25-28,30-31H,11-20,23-24H2,1-7H3/q+1/t25?,26?,27?,28-,30?,31-,34-,35+,36+,37+/m0/s1. The average Bonchev–Trinajstić information content (AvgIpc) is 3.25. The van der Waals surface area contributed by atoms with E-state index in [4.69, 9.17) is 9.47 Å². The molecule has 5 saturated carbocycles. The molecule has 0 aromatic carbocycles. The molecule has 0 spiro atoms. The molecule has 10 atom stereocenters. The Balaban J connectivity index is 1.14. The highest BCUT2D eigenvalue weighted by atomic mass is 16.5. The molecule has 0 N–H and O–H groups in total. The first-order chi connectivity index (χ1) is 19.3. The summed E-state index contributed by atoms with van der Waals surface area (Å²) in [4.78, 5) is 13.1. The van der Waals surface area contributed by atoms with E-state index in [0.717, 1.165) is 30.8 Å². The van der Waals surface area contributed by atoms with Crippen LogP contribution in [-0.2, 0) is 20.8 Å². The summed E-state index contributed by atoms with van der Waals surface area (Å²) >= 11 is 0. The first-order valence-corrected chi connectivity index (χ1v) is 17.0. The van der Waals surface area contributed by atoms with Gasteiger partial charge in [-0.05, 0) is 115 Å². The van der Waals surface area contributed by atoms with E-state index in [2.05, 4.69) is 48.5 Å². The van der Waals surface area contributed by atoms with Gasteiger partial charge in [0, 0.05) is 17.5 Å². The molecule has 0 radical (unpaired) electrons. The van der Waals surface area contributed by atoms with E-state index < -0.39 is 0 Å². The Morgan fingerprint density at radius 3 is 2.29 bits per heavy atom. The van der Waals surface area contributed by atoms with Crippen molar-refractivity contribution < 1.29 is 18.8 Å². The summed E-state index contributed by atoms with van der Waals surface area (Å²) < 4.78 is 15.0. The van der Waals surface area contributed by atoms with Crippen LogP contribution in [0.25, 0.3) is 0 Å². The molecule has 1 saturated heterocycles. The topological polar surface area (TPSA) is 39.4 Å². The van der Waals surface area contributed by atoms with Crippen molar-refractivity contribution in [3.63, 3.8) is 0 Å². The smallest absolute Gasteiger partial charge is 0.372 e. The van der Waals surface area contributed by atoms with Crippen molar-refractivity contribution in [3.05, 3.63) is 30.6 Å². The number of carbonyl (C=O) groups is 1. The Labute approximate surface area is 249 Å². The number of aromatic nitrogens is 1. The Hall–Kier alpha value is -1.42. The molecule has 6 fully saturated rings. The molecule has 1 aromatic heterocycles. The summed E-state index contributed by atoms with van der Waals surface area (Å²) in [6.45, 7) is 19.3. The van der Waals surface area contributed by atoms with Crippen LogP contribution in [0.4, 0.5) is 0 Å². The third-order valence-electron chi connectivity index (χ3n) is 15.4. The van der Waals surface area contributed by atoms with Gasteiger partial charge >= 0.3 is 5.97 Å². The number of rotatable bonds is 3. The first-order valence-electron chi connectivity index (χ1n) is 17.0. The summed E-state index contributed by atoms with van der Waals surface area (Å²) in [6.07, 6.45) is 17.3. The van der Waals surface area contributed by atoms with Crippen molar-refractivity contribution in [1.82, 2.24) is 0 Å². The highest BCUT2D eigenvalue weighted by molar-refractivity contribution is 5.68. The normalized spacial score (nSPS) is 49.1. The molecule has 5 aliphatic carbocycles. The number of esters is 1. The van der Waals surface area contributed by atoms with Gasteiger partial charge in [-0.25, -0.2) is 4.79 Å². The maximum atomic E-state index is 13.1. The molecule has 4 heteroatoms. The minimum absolute atomic E-state index is 0.000418. The molecule has 4 nitrogen and oxygen atoms in total. The molecule has 2 heterocycles. The van der Waals surface area contributed by atoms with Crippen molar-refractivity contribution in [2.75, 3.05) is 6.61 Å². The van der Waals surface area contributed by atoms with E-state index in [0.29, 0.717) is 45.6 Å². The molecule has 41 heavy (non-hydrogen) atoms. The third-order valence-corrected chi connectivity index (χ3v) is 15.4. The van der Waals surface area contributed by atoms with Crippen LogP contribution in [0.3, 0.4) is 0 Å². The number of pyridine rings is 1. The monoisotopic (exact) mass is 562 g/mol. The zero-order valence-electron chi connectivity index (χ0n) is 27.0. The number of carbonyl (C=O) groups excluding carboxylic acids is 1. The number of hydrogen-bond acceptors (Lipinski definition) is 3. The van der Waals surface area contributed by atoms with Gasteiger partial charge in [-0.1, -0.05) is 54.5 Å². The minimum Gasteiger partial charge on any atom is -0.457 e. The average molecular weight is 563 g/mol. The maximum absolute atomic E-state index is 13.1. The Bertz CT molecular complexity index is 1190. The fourth-order valence-electron chi connectivity index (χ4n) is 13.0. The summed E-state index contributed by atoms with van der Waals surface area (Å²) in [5, 5.41) is 0. The van der Waals surface area contributed by atoms with E-state index in [-0.39, 0.29) is 17.5 Å². The van der Waals surface area contributed by atoms with Gasteiger partial charge in [0.1, 0.15) is 6.10 Å². The van der Waals surface area contributed by atoms with Gasteiger partial charge in [0.2, 0.25) is 6.54 Å². The lowest BCUT2D eigenvalue weighted by molar-refractivity contribution is -0.686. The van der Waals surface area contributed by atoms with E-state index >= 15 is 0 Å². The van der Waals surface area contributed by atoms with E-state index in [1.54, 1.807) is 0 Å². The fourth-order valence-corrected chi connectivity index (χ4v) is 13.0. The van der Waals surface area contributed by atoms with Crippen LogP contribution in [0.15, 0.2) is 30.6 Å². The number of hydrogen-bond donors (Lipinski definition) is 0. The molecule has 226 valence electrons. The van der Waals surface area contributed by atoms with Gasteiger partial charge in [-0.15, -0.1) is 0 Å². The predicted molar refractivity (Wildman–Crippen MR) is 161 cm³/mol. The number of fused-ring (bicyclic) bond motifs is 5. The second-order valence-electron chi connectivity index (χ2n) is 17.7. The van der Waals surface area contributed by atoms with Crippen molar-refractivity contribution in [1.29, 1.82) is 0 Å². The van der Waals surface area contributed by atoms with Crippen LogP contribution in [0.5, 0.6) is 0 Å². The van der Waals surface area contributed by atoms with Crippen molar-refractivity contribution in [2.24, 2.45) is 56.2 Å². The zero-order valence-corrected chi connectivity index (χ0v) is 27.0. The molecule has 1 aliphatic heterocycles. The van der Waals surface area contributed by atoms with Crippen molar-refractivity contribution in [3.8, 4) is 0 Å². The summed E-state index contributed by atoms with van der Waals surface area (Å²) in [5.41, 5.74) is 1.81. The Morgan fingerprint density at radius 1 is 0.805 bits per heavy atom. The minimum atomic E-state index is -0.0973. The van der Waals surface area contributed by atoms with Gasteiger partial charge in [0.25, 0.3) is 0 Å². The van der Waals surface area contributed by atoms with Crippen LogP contribution in [0.1, 0.15) is 113 Å². The molecule has 4 unspecified atom stereocenters. The molecular formula is C37H56NO3+. The third kappa shape index (κ3) is 3.80. The zero-order chi connectivity index (χ0) is 29.1. The van der Waals surface area contributed by atoms with Crippen LogP contribution < -0.4 is 4.57 Å². The fraction of sp³-hybridized carbons (Fsp3) is 0.838. The first kappa shape index (κ1) is 28.4. The summed E-state index contributed by atoms with van der Waals surface area (Å²) in [5.74, 6) is 2.79. The molecule has 2 bridgehead atoms. The van der Waals surface area contributed by atoms with Crippen molar-refractivity contribution in [2.45, 2.75) is 131 Å². The van der Waals surface area contributed by atoms with E-state index in [1.165, 1.54) is 57.8 Å². The van der Waals surface area contributed by atoms with Crippen LogP contribution >= 0.6 is 0 Å². The second-order valence-corrected chi connectivity index (χ2v) is 17.7. The van der Waals surface area contributed by atoms with Crippen LogP contribution in [-0.4, -0.2) is 24.8 Å². The molecule has 6 aliphatic rings. The highest BCUT2D eigenvalue weighted by Gasteiger charge is 2.72. The predicted octanol–water partition coefficient (Wildman–Crippen LogP) is 7.78. The molecule has 7 rings (SSSR count). The molecule has 0 amide bonds. The lowest BCUT2D eigenvalue weighted by Crippen LogP contribution is -2.68. The highest BCUT2D eigenvalue weighted by Crippen LogP contribution is 2.78. The molecular weight excluding hydrogens is 506 g/mol. The number of ether oxygens (including phenoxy) is 2. The number of nitrogens with zero attached hydrogens (tertiary/aromatic N) is 1. The lowest BCUT2D eigenvalue weighted by atomic mass is 9.31. The second kappa shape index (κ2) is 9.05. The van der Waals surface area contributed by atoms with Gasteiger partial charge in [0.15, 0.2) is 12.4 Å². The van der Waals surface area contributed by atoms with Gasteiger partial charge in [-0.3, -0.25) is 0 Å².